The molecule has 0 radical (unpaired) electrons. The topological polar surface area (TPSA) is 26.3 Å². The molecule has 94 valence electrons. The van der Waals surface area contributed by atoms with Gasteiger partial charge in [-0.2, -0.15) is 0 Å². The number of benzene rings is 1. The van der Waals surface area contributed by atoms with Crippen LogP contribution in [-0.2, 0) is 9.53 Å². The Kier molecular flexibility index (Phi) is 5.75. The van der Waals surface area contributed by atoms with E-state index in [1.807, 2.05) is 44.2 Å². The smallest absolute Gasteiger partial charge is 0.313 e. The number of carbonyl (C=O) groups excluding carboxylic acids is 1. The monoisotopic (exact) mass is 234 g/mol. The van der Waals surface area contributed by atoms with Crippen LogP contribution in [0.5, 0.6) is 0 Å². The van der Waals surface area contributed by atoms with Gasteiger partial charge >= 0.3 is 5.97 Å². The summed E-state index contributed by atoms with van der Waals surface area (Å²) in [6, 6.07) is 9.85. The average Bonchev–Trinajstić information content (AvgIpc) is 2.31. The summed E-state index contributed by atoms with van der Waals surface area (Å²) < 4.78 is 5.46. The highest BCUT2D eigenvalue weighted by Gasteiger charge is 2.21. The molecule has 0 amide bonds. The molecule has 2 heteroatoms. The Bertz CT molecular complexity index is 332. The van der Waals surface area contributed by atoms with Crippen LogP contribution in [0, 0.1) is 0 Å². The van der Waals surface area contributed by atoms with Gasteiger partial charge in [-0.1, -0.05) is 50.6 Å². The zero-order valence-corrected chi connectivity index (χ0v) is 11.0. The van der Waals surface area contributed by atoms with E-state index in [1.54, 1.807) is 0 Å². The Labute approximate surface area is 104 Å². The zero-order valence-electron chi connectivity index (χ0n) is 11.0. The molecule has 0 aliphatic rings. The molecule has 1 aromatic rings. The Hall–Kier alpha value is -1.31. The molecule has 2 atom stereocenters. The average molecular weight is 234 g/mol. The van der Waals surface area contributed by atoms with E-state index >= 15 is 0 Å². The maximum Gasteiger partial charge on any atom is 0.313 e. The van der Waals surface area contributed by atoms with Crippen LogP contribution in [0.15, 0.2) is 30.3 Å². The second kappa shape index (κ2) is 7.10. The van der Waals surface area contributed by atoms with E-state index in [9.17, 15) is 4.79 Å². The number of hydrogen-bond acceptors (Lipinski definition) is 2. The summed E-state index contributed by atoms with van der Waals surface area (Å²) in [5, 5.41) is 0. The molecular weight excluding hydrogens is 212 g/mol. The van der Waals surface area contributed by atoms with Gasteiger partial charge in [0.25, 0.3) is 0 Å². The van der Waals surface area contributed by atoms with Crippen LogP contribution in [0.4, 0.5) is 0 Å². The summed E-state index contributed by atoms with van der Waals surface area (Å²) in [4.78, 5) is 12.0. The number of esters is 1. The quantitative estimate of drug-likeness (QED) is 0.697. The summed E-state index contributed by atoms with van der Waals surface area (Å²) in [5.74, 6) is -0.227. The molecule has 17 heavy (non-hydrogen) atoms. The van der Waals surface area contributed by atoms with E-state index in [0.717, 1.165) is 24.8 Å². The van der Waals surface area contributed by atoms with Crippen molar-refractivity contribution in [2.45, 2.75) is 52.1 Å². The van der Waals surface area contributed by atoms with Crippen molar-refractivity contribution in [1.82, 2.24) is 0 Å². The van der Waals surface area contributed by atoms with Gasteiger partial charge < -0.3 is 4.74 Å². The number of hydrogen-bond donors (Lipinski definition) is 0. The van der Waals surface area contributed by atoms with Crippen molar-refractivity contribution in [3.05, 3.63) is 35.9 Å². The van der Waals surface area contributed by atoms with Gasteiger partial charge in [0.2, 0.25) is 0 Å². The Morgan fingerprint density at radius 3 is 2.41 bits per heavy atom. The van der Waals surface area contributed by atoms with Gasteiger partial charge in [-0.25, -0.2) is 0 Å². The molecular formula is C15H22O2. The largest absolute Gasteiger partial charge is 0.462 e. The molecule has 2 nitrogen and oxygen atoms in total. The van der Waals surface area contributed by atoms with Crippen LogP contribution >= 0.6 is 0 Å². The standard InChI is InChI=1S/C15H22O2/c1-4-9-12(3)17-15(16)14(5-2)13-10-7-6-8-11-13/h6-8,10-12,14H,4-5,9H2,1-3H3. The fourth-order valence-electron chi connectivity index (χ4n) is 1.97. The maximum absolute atomic E-state index is 12.0. The van der Waals surface area contributed by atoms with Crippen molar-refractivity contribution in [2.24, 2.45) is 0 Å². The molecule has 0 spiro atoms. The van der Waals surface area contributed by atoms with Crippen LogP contribution in [0.1, 0.15) is 51.5 Å². The van der Waals surface area contributed by atoms with Gasteiger partial charge in [0.1, 0.15) is 0 Å². The van der Waals surface area contributed by atoms with Crippen molar-refractivity contribution in [3.63, 3.8) is 0 Å². The molecule has 0 fully saturated rings. The third-order valence-electron chi connectivity index (χ3n) is 2.91. The van der Waals surface area contributed by atoms with Crippen LogP contribution in [-0.4, -0.2) is 12.1 Å². The van der Waals surface area contributed by atoms with Gasteiger partial charge in [0.15, 0.2) is 0 Å². The molecule has 0 aromatic heterocycles. The van der Waals surface area contributed by atoms with Crippen molar-refractivity contribution < 1.29 is 9.53 Å². The lowest BCUT2D eigenvalue weighted by Gasteiger charge is -2.18. The highest BCUT2D eigenvalue weighted by molar-refractivity contribution is 5.78. The molecule has 0 aliphatic heterocycles. The molecule has 0 saturated carbocycles. The first kappa shape index (κ1) is 13.8. The van der Waals surface area contributed by atoms with Crippen molar-refractivity contribution >= 4 is 5.97 Å². The zero-order chi connectivity index (χ0) is 12.7. The van der Waals surface area contributed by atoms with Gasteiger partial charge in [-0.05, 0) is 25.3 Å². The van der Waals surface area contributed by atoms with Crippen LogP contribution < -0.4 is 0 Å². The van der Waals surface area contributed by atoms with E-state index in [0.29, 0.717) is 0 Å². The first-order chi connectivity index (χ1) is 8.19. The van der Waals surface area contributed by atoms with Crippen molar-refractivity contribution in [1.29, 1.82) is 0 Å². The summed E-state index contributed by atoms with van der Waals surface area (Å²) in [5.41, 5.74) is 1.05. The number of ether oxygens (including phenoxy) is 1. The highest BCUT2D eigenvalue weighted by atomic mass is 16.5. The Morgan fingerprint density at radius 1 is 1.24 bits per heavy atom. The first-order valence-corrected chi connectivity index (χ1v) is 6.44. The van der Waals surface area contributed by atoms with E-state index in [-0.39, 0.29) is 18.0 Å². The number of carbonyl (C=O) groups is 1. The van der Waals surface area contributed by atoms with E-state index in [1.165, 1.54) is 0 Å². The van der Waals surface area contributed by atoms with E-state index in [4.69, 9.17) is 4.74 Å². The number of rotatable bonds is 6. The van der Waals surface area contributed by atoms with Gasteiger partial charge in [0, 0.05) is 0 Å². The lowest BCUT2D eigenvalue weighted by Crippen LogP contribution is -2.21. The highest BCUT2D eigenvalue weighted by Crippen LogP contribution is 2.21. The third kappa shape index (κ3) is 4.22. The normalized spacial score (nSPS) is 14.1. The maximum atomic E-state index is 12.0. The van der Waals surface area contributed by atoms with Crippen molar-refractivity contribution in [2.75, 3.05) is 0 Å². The van der Waals surface area contributed by atoms with E-state index in [2.05, 4.69) is 6.92 Å². The summed E-state index contributed by atoms with van der Waals surface area (Å²) in [6.07, 6.45) is 2.76. The first-order valence-electron chi connectivity index (χ1n) is 6.44. The minimum absolute atomic E-state index is 0.0188. The van der Waals surface area contributed by atoms with Crippen LogP contribution in [0.3, 0.4) is 0 Å². The molecule has 0 N–H and O–H groups in total. The molecule has 1 rings (SSSR count). The molecule has 0 bridgehead atoms. The SMILES string of the molecule is CCCC(C)OC(=O)C(CC)c1ccccc1. The van der Waals surface area contributed by atoms with E-state index < -0.39 is 0 Å². The predicted octanol–water partition coefficient (Wildman–Crippen LogP) is 3.91. The second-order valence-corrected chi connectivity index (χ2v) is 4.41. The second-order valence-electron chi connectivity index (χ2n) is 4.41. The van der Waals surface area contributed by atoms with Gasteiger partial charge in [0.05, 0.1) is 12.0 Å². The Balaban J connectivity index is 2.65. The summed E-state index contributed by atoms with van der Waals surface area (Å²) in [6.45, 7) is 6.07. The minimum Gasteiger partial charge on any atom is -0.462 e. The predicted molar refractivity (Wildman–Crippen MR) is 69.9 cm³/mol. The molecule has 1 aromatic carbocycles. The van der Waals surface area contributed by atoms with Crippen LogP contribution in [0.25, 0.3) is 0 Å². The molecule has 0 heterocycles. The minimum atomic E-state index is -0.129. The van der Waals surface area contributed by atoms with Crippen LogP contribution in [0.2, 0.25) is 0 Å². The fourth-order valence-corrected chi connectivity index (χ4v) is 1.97. The summed E-state index contributed by atoms with van der Waals surface area (Å²) >= 11 is 0. The molecule has 2 unspecified atom stereocenters. The fraction of sp³-hybridized carbons (Fsp3) is 0.533. The third-order valence-corrected chi connectivity index (χ3v) is 2.91. The van der Waals surface area contributed by atoms with Gasteiger partial charge in [-0.3, -0.25) is 4.79 Å². The molecule has 0 saturated heterocycles. The summed E-state index contributed by atoms with van der Waals surface area (Å²) in [7, 11) is 0. The lowest BCUT2D eigenvalue weighted by atomic mass is 9.97. The Morgan fingerprint density at radius 2 is 1.88 bits per heavy atom. The van der Waals surface area contributed by atoms with Gasteiger partial charge in [-0.15, -0.1) is 0 Å². The molecule has 0 aliphatic carbocycles. The van der Waals surface area contributed by atoms with Crippen molar-refractivity contribution in [3.8, 4) is 0 Å². The lowest BCUT2D eigenvalue weighted by molar-refractivity contribution is -0.150.